The van der Waals surface area contributed by atoms with Gasteiger partial charge in [-0.15, -0.1) is 0 Å². The van der Waals surface area contributed by atoms with Crippen LogP contribution in [0.5, 0.6) is 0 Å². The van der Waals surface area contributed by atoms with Crippen molar-refractivity contribution < 1.29 is 22.4 Å². The molecule has 1 atom stereocenters. The van der Waals surface area contributed by atoms with E-state index in [0.29, 0.717) is 18.6 Å². The number of primary amides is 1. The minimum absolute atomic E-state index is 0.00521. The summed E-state index contributed by atoms with van der Waals surface area (Å²) < 4.78 is 50.3. The van der Waals surface area contributed by atoms with Gasteiger partial charge in [-0.2, -0.15) is 13.2 Å². The lowest BCUT2D eigenvalue weighted by Gasteiger charge is -2.16. The van der Waals surface area contributed by atoms with Gasteiger partial charge in [0.15, 0.2) is 0 Å². The summed E-state index contributed by atoms with van der Waals surface area (Å²) in [6, 6.07) is 1.63. The maximum atomic E-state index is 13.0. The van der Waals surface area contributed by atoms with E-state index in [1.54, 1.807) is 6.92 Å². The second-order valence-corrected chi connectivity index (χ2v) is 3.70. The highest BCUT2D eigenvalue weighted by Crippen LogP contribution is 2.33. The lowest BCUT2D eigenvalue weighted by atomic mass is 10.1. The van der Waals surface area contributed by atoms with E-state index in [9.17, 15) is 22.4 Å². The summed E-state index contributed by atoms with van der Waals surface area (Å²) in [4.78, 5) is 10.9. The molecule has 0 saturated heterocycles. The third-order valence-corrected chi connectivity index (χ3v) is 2.36. The Balaban J connectivity index is 3.02. The quantitative estimate of drug-likeness (QED) is 0.821. The van der Waals surface area contributed by atoms with Crippen molar-refractivity contribution in [3.05, 3.63) is 29.6 Å². The first-order valence-corrected chi connectivity index (χ1v) is 5.18. The van der Waals surface area contributed by atoms with Gasteiger partial charge in [0.1, 0.15) is 11.9 Å². The third-order valence-electron chi connectivity index (χ3n) is 2.36. The highest BCUT2D eigenvalue weighted by Gasteiger charge is 2.34. The van der Waals surface area contributed by atoms with Gasteiger partial charge in [0.05, 0.1) is 5.56 Å². The fourth-order valence-electron chi connectivity index (χ4n) is 1.41. The van der Waals surface area contributed by atoms with Crippen molar-refractivity contribution >= 4 is 11.6 Å². The van der Waals surface area contributed by atoms with E-state index in [1.165, 1.54) is 0 Å². The van der Waals surface area contributed by atoms with Crippen LogP contribution in [0.4, 0.5) is 23.2 Å². The SMILES string of the molecule is CCC(Nc1ccc(F)c(C(F)(F)F)c1)C(N)=O. The zero-order valence-electron chi connectivity index (χ0n) is 9.51. The van der Waals surface area contributed by atoms with Crippen LogP contribution in [0.1, 0.15) is 18.9 Å². The molecule has 0 aliphatic carbocycles. The van der Waals surface area contributed by atoms with E-state index in [0.717, 1.165) is 6.07 Å². The molecule has 7 heteroatoms. The van der Waals surface area contributed by atoms with E-state index in [4.69, 9.17) is 5.73 Å². The van der Waals surface area contributed by atoms with Gasteiger partial charge in [-0.25, -0.2) is 4.39 Å². The van der Waals surface area contributed by atoms with Crippen molar-refractivity contribution in [1.82, 2.24) is 0 Å². The predicted octanol–water partition coefficient (Wildman–Crippen LogP) is 2.52. The summed E-state index contributed by atoms with van der Waals surface area (Å²) >= 11 is 0. The van der Waals surface area contributed by atoms with Crippen LogP contribution in [-0.2, 0) is 11.0 Å². The molecule has 0 saturated carbocycles. The first-order chi connectivity index (χ1) is 8.25. The molecule has 1 aromatic carbocycles. The average Bonchev–Trinajstić information content (AvgIpc) is 2.25. The number of halogens is 4. The minimum atomic E-state index is -4.78. The molecule has 0 aliphatic rings. The van der Waals surface area contributed by atoms with E-state index in [2.05, 4.69) is 5.32 Å². The second-order valence-electron chi connectivity index (χ2n) is 3.70. The number of benzene rings is 1. The van der Waals surface area contributed by atoms with E-state index in [-0.39, 0.29) is 5.69 Å². The number of hydrogen-bond donors (Lipinski definition) is 2. The van der Waals surface area contributed by atoms with Crippen LogP contribution >= 0.6 is 0 Å². The Morgan fingerprint density at radius 2 is 2.06 bits per heavy atom. The topological polar surface area (TPSA) is 55.1 Å². The van der Waals surface area contributed by atoms with Crippen LogP contribution in [-0.4, -0.2) is 11.9 Å². The largest absolute Gasteiger partial charge is 0.419 e. The van der Waals surface area contributed by atoms with Gasteiger partial charge in [-0.1, -0.05) is 6.92 Å². The zero-order valence-corrected chi connectivity index (χ0v) is 9.51. The molecule has 0 aliphatic heterocycles. The van der Waals surface area contributed by atoms with E-state index in [1.807, 2.05) is 0 Å². The Bertz CT molecular complexity index is 445. The van der Waals surface area contributed by atoms with Gasteiger partial charge in [-0.05, 0) is 24.6 Å². The minimum Gasteiger partial charge on any atom is -0.374 e. The van der Waals surface area contributed by atoms with Gasteiger partial charge in [0, 0.05) is 5.69 Å². The molecule has 1 amide bonds. The molecule has 0 aromatic heterocycles. The summed E-state index contributed by atoms with van der Waals surface area (Å²) in [6.07, 6.45) is -4.47. The van der Waals surface area contributed by atoms with Crippen LogP contribution in [0.2, 0.25) is 0 Å². The van der Waals surface area contributed by atoms with Gasteiger partial charge in [0.2, 0.25) is 5.91 Å². The molecule has 0 heterocycles. The van der Waals surface area contributed by atoms with Crippen molar-refractivity contribution in [2.24, 2.45) is 5.73 Å². The van der Waals surface area contributed by atoms with Crippen LogP contribution < -0.4 is 11.1 Å². The van der Waals surface area contributed by atoms with Crippen LogP contribution in [0.15, 0.2) is 18.2 Å². The monoisotopic (exact) mass is 264 g/mol. The average molecular weight is 264 g/mol. The molecule has 0 radical (unpaired) electrons. The number of alkyl halides is 3. The van der Waals surface area contributed by atoms with Crippen LogP contribution in [0.25, 0.3) is 0 Å². The second kappa shape index (κ2) is 5.24. The number of carbonyl (C=O) groups excluding carboxylic acids is 1. The molecule has 1 unspecified atom stereocenters. The maximum Gasteiger partial charge on any atom is 0.419 e. The summed E-state index contributed by atoms with van der Waals surface area (Å²) in [5.41, 5.74) is 3.66. The molecule has 0 fully saturated rings. The van der Waals surface area contributed by atoms with Crippen molar-refractivity contribution in [2.45, 2.75) is 25.6 Å². The molecule has 3 N–H and O–H groups in total. The number of rotatable bonds is 4. The number of nitrogens with two attached hydrogens (primary N) is 1. The molecule has 3 nitrogen and oxygen atoms in total. The number of anilines is 1. The Kier molecular flexibility index (Phi) is 4.15. The lowest BCUT2D eigenvalue weighted by Crippen LogP contribution is -2.34. The van der Waals surface area contributed by atoms with Crippen molar-refractivity contribution in [3.8, 4) is 0 Å². The fraction of sp³-hybridized carbons (Fsp3) is 0.364. The Morgan fingerprint density at radius 1 is 1.44 bits per heavy atom. The van der Waals surface area contributed by atoms with Gasteiger partial charge >= 0.3 is 6.18 Å². The number of amides is 1. The standard InChI is InChI=1S/C11H12F4N2O/c1-2-9(10(16)18)17-6-3-4-8(12)7(5-6)11(13,14)15/h3-5,9,17H,2H2,1H3,(H2,16,18). The van der Waals surface area contributed by atoms with Crippen LogP contribution in [0, 0.1) is 5.82 Å². The summed E-state index contributed by atoms with van der Waals surface area (Å²) in [6.45, 7) is 1.65. The van der Waals surface area contributed by atoms with E-state index >= 15 is 0 Å². The fourth-order valence-corrected chi connectivity index (χ4v) is 1.41. The van der Waals surface area contributed by atoms with Gasteiger partial charge in [-0.3, -0.25) is 4.79 Å². The number of hydrogen-bond acceptors (Lipinski definition) is 2. The van der Waals surface area contributed by atoms with Crippen LogP contribution in [0.3, 0.4) is 0 Å². The maximum absolute atomic E-state index is 13.0. The molecular weight excluding hydrogens is 252 g/mol. The third kappa shape index (κ3) is 3.35. The molecule has 18 heavy (non-hydrogen) atoms. The van der Waals surface area contributed by atoms with Crippen molar-refractivity contribution in [1.29, 1.82) is 0 Å². The Morgan fingerprint density at radius 3 is 2.50 bits per heavy atom. The molecule has 0 spiro atoms. The molecule has 0 bridgehead atoms. The molecule has 100 valence electrons. The number of nitrogens with one attached hydrogen (secondary N) is 1. The predicted molar refractivity (Wildman–Crippen MR) is 58.3 cm³/mol. The Hall–Kier alpha value is -1.79. The molecular formula is C11H12F4N2O. The first kappa shape index (κ1) is 14.3. The smallest absolute Gasteiger partial charge is 0.374 e. The lowest BCUT2D eigenvalue weighted by molar-refractivity contribution is -0.139. The van der Waals surface area contributed by atoms with E-state index < -0.39 is 29.5 Å². The zero-order chi connectivity index (χ0) is 13.9. The number of carbonyl (C=O) groups is 1. The molecule has 1 aromatic rings. The van der Waals surface area contributed by atoms with Crippen molar-refractivity contribution in [3.63, 3.8) is 0 Å². The summed E-state index contributed by atoms with van der Waals surface area (Å²) in [5, 5.41) is 2.53. The van der Waals surface area contributed by atoms with Crippen molar-refractivity contribution in [2.75, 3.05) is 5.32 Å². The highest BCUT2D eigenvalue weighted by molar-refractivity contribution is 5.82. The highest BCUT2D eigenvalue weighted by atomic mass is 19.4. The Labute approximate surface area is 101 Å². The normalized spacial score (nSPS) is 13.2. The summed E-state index contributed by atoms with van der Waals surface area (Å²) in [7, 11) is 0. The first-order valence-electron chi connectivity index (χ1n) is 5.18. The van der Waals surface area contributed by atoms with Gasteiger partial charge < -0.3 is 11.1 Å². The molecule has 1 rings (SSSR count). The summed E-state index contributed by atoms with van der Waals surface area (Å²) in [5.74, 6) is -2.05. The van der Waals surface area contributed by atoms with Gasteiger partial charge in [0.25, 0.3) is 0 Å².